The largest absolute Gasteiger partial charge is 0.319 e. The third kappa shape index (κ3) is 2.01. The van der Waals surface area contributed by atoms with Crippen LogP contribution in [0.5, 0.6) is 0 Å². The minimum absolute atomic E-state index is 0.118. The first-order valence-corrected chi connectivity index (χ1v) is 6.35. The Kier molecular flexibility index (Phi) is 3.36. The first-order chi connectivity index (χ1) is 7.74. The predicted molar refractivity (Wildman–Crippen MR) is 65.4 cm³/mol. The highest BCUT2D eigenvalue weighted by Crippen LogP contribution is 2.24. The van der Waals surface area contributed by atoms with Crippen LogP contribution >= 0.6 is 11.3 Å². The predicted octanol–water partition coefficient (Wildman–Crippen LogP) is 2.11. The molecule has 0 bridgehead atoms. The Bertz CT molecular complexity index is 460. The maximum Gasteiger partial charge on any atom is 0.0800 e. The van der Waals surface area contributed by atoms with E-state index >= 15 is 0 Å². The Morgan fingerprint density at radius 2 is 2.31 bits per heavy atom. The van der Waals surface area contributed by atoms with Gasteiger partial charge in [-0.3, -0.25) is 0 Å². The van der Waals surface area contributed by atoms with Gasteiger partial charge in [-0.05, 0) is 35.2 Å². The zero-order valence-corrected chi connectivity index (χ0v) is 10.4. The third-order valence-electron chi connectivity index (χ3n) is 2.63. The van der Waals surface area contributed by atoms with Gasteiger partial charge in [-0.2, -0.15) is 11.3 Å². The van der Waals surface area contributed by atoms with Gasteiger partial charge in [0, 0.05) is 6.54 Å². The smallest absolute Gasteiger partial charge is 0.0800 e. The molecular weight excluding hydrogens is 220 g/mol. The molecule has 4 nitrogen and oxygen atoms in total. The summed E-state index contributed by atoms with van der Waals surface area (Å²) < 4.78 is 1.89. The Balaban J connectivity index is 2.30. The lowest BCUT2D eigenvalue weighted by molar-refractivity contribution is 0.543. The number of nitrogens with two attached hydrogens (primary N) is 1. The van der Waals surface area contributed by atoms with Gasteiger partial charge < -0.3 is 5.73 Å². The monoisotopic (exact) mass is 236 g/mol. The third-order valence-corrected chi connectivity index (χ3v) is 3.51. The number of hydrogen-bond donors (Lipinski definition) is 1. The Labute approximate surface area is 99.1 Å². The van der Waals surface area contributed by atoms with Gasteiger partial charge in [-0.15, -0.1) is 5.10 Å². The van der Waals surface area contributed by atoms with Crippen LogP contribution in [0.4, 0.5) is 0 Å². The fourth-order valence-electron chi connectivity index (χ4n) is 1.74. The molecule has 0 saturated heterocycles. The highest BCUT2D eigenvalue weighted by atomic mass is 32.1. The molecule has 0 aliphatic heterocycles. The quantitative estimate of drug-likeness (QED) is 0.884. The van der Waals surface area contributed by atoms with Gasteiger partial charge in [0.2, 0.25) is 0 Å². The van der Waals surface area contributed by atoms with Crippen LogP contribution in [-0.4, -0.2) is 15.0 Å². The summed E-state index contributed by atoms with van der Waals surface area (Å²) >= 11 is 1.68. The summed E-state index contributed by atoms with van der Waals surface area (Å²) in [6.45, 7) is 5.07. The van der Waals surface area contributed by atoms with E-state index in [1.807, 2.05) is 4.68 Å². The molecule has 2 aromatic heterocycles. The lowest BCUT2D eigenvalue weighted by Gasteiger charge is -2.12. The number of thiophene rings is 1. The van der Waals surface area contributed by atoms with Crippen LogP contribution in [0.25, 0.3) is 0 Å². The van der Waals surface area contributed by atoms with Gasteiger partial charge in [-0.1, -0.05) is 12.1 Å². The summed E-state index contributed by atoms with van der Waals surface area (Å²) in [5.41, 5.74) is 9.64. The molecule has 0 aliphatic rings. The van der Waals surface area contributed by atoms with E-state index < -0.39 is 0 Å². The first kappa shape index (κ1) is 11.3. The first-order valence-electron chi connectivity index (χ1n) is 5.40. The van der Waals surface area contributed by atoms with Crippen molar-refractivity contribution in [2.45, 2.75) is 32.9 Å². The van der Waals surface area contributed by atoms with Crippen molar-refractivity contribution in [3.8, 4) is 0 Å². The zero-order chi connectivity index (χ0) is 11.5. The molecule has 1 atom stereocenters. The minimum Gasteiger partial charge on any atom is -0.319 e. The zero-order valence-electron chi connectivity index (χ0n) is 9.55. The van der Waals surface area contributed by atoms with E-state index in [-0.39, 0.29) is 6.04 Å². The Hall–Kier alpha value is -1.20. The molecule has 0 amide bonds. The second-order valence-corrected chi connectivity index (χ2v) is 4.61. The highest BCUT2D eigenvalue weighted by Gasteiger charge is 2.16. The maximum absolute atomic E-state index is 6.24. The van der Waals surface area contributed by atoms with Crippen molar-refractivity contribution in [1.82, 2.24) is 15.0 Å². The molecule has 0 spiro atoms. The molecule has 16 heavy (non-hydrogen) atoms. The summed E-state index contributed by atoms with van der Waals surface area (Å²) in [7, 11) is 0. The molecule has 1 unspecified atom stereocenters. The molecule has 2 aromatic rings. The summed E-state index contributed by atoms with van der Waals surface area (Å²) in [5, 5.41) is 12.2. The van der Waals surface area contributed by atoms with Crippen molar-refractivity contribution in [2.24, 2.45) is 5.73 Å². The normalized spacial score (nSPS) is 12.9. The van der Waals surface area contributed by atoms with Crippen molar-refractivity contribution in [1.29, 1.82) is 0 Å². The van der Waals surface area contributed by atoms with Crippen LogP contribution in [0, 0.1) is 6.92 Å². The summed E-state index contributed by atoms with van der Waals surface area (Å²) in [5.74, 6) is 0. The van der Waals surface area contributed by atoms with E-state index in [0.29, 0.717) is 0 Å². The van der Waals surface area contributed by atoms with Gasteiger partial charge in [0.1, 0.15) is 0 Å². The van der Waals surface area contributed by atoms with Crippen LogP contribution < -0.4 is 5.73 Å². The van der Waals surface area contributed by atoms with Crippen molar-refractivity contribution in [3.63, 3.8) is 0 Å². The van der Waals surface area contributed by atoms with Crippen LogP contribution in [0.15, 0.2) is 17.0 Å². The molecule has 2 heterocycles. The van der Waals surface area contributed by atoms with Gasteiger partial charge in [0.15, 0.2) is 0 Å². The fraction of sp³-hybridized carbons (Fsp3) is 0.455. The molecule has 0 aliphatic carbocycles. The Morgan fingerprint density at radius 1 is 1.50 bits per heavy atom. The SMILES string of the molecule is CCCn1nncc1C(N)c1cscc1C. The minimum atomic E-state index is -0.118. The molecular formula is C11H16N4S. The van der Waals surface area contributed by atoms with Crippen LogP contribution in [0.3, 0.4) is 0 Å². The molecule has 0 aromatic carbocycles. The molecule has 86 valence electrons. The number of aromatic nitrogens is 3. The molecule has 2 rings (SSSR count). The van der Waals surface area contributed by atoms with Crippen molar-refractivity contribution < 1.29 is 0 Å². The van der Waals surface area contributed by atoms with Crippen LogP contribution in [0.2, 0.25) is 0 Å². The van der Waals surface area contributed by atoms with E-state index in [4.69, 9.17) is 5.73 Å². The standard InChI is InChI=1S/C11H16N4S/c1-3-4-15-10(5-13-14-15)11(12)9-7-16-6-8(9)2/h5-7,11H,3-4,12H2,1-2H3. The van der Waals surface area contributed by atoms with E-state index in [9.17, 15) is 0 Å². The molecule has 0 radical (unpaired) electrons. The van der Waals surface area contributed by atoms with Gasteiger partial charge in [0.25, 0.3) is 0 Å². The molecule has 2 N–H and O–H groups in total. The van der Waals surface area contributed by atoms with Crippen LogP contribution in [0.1, 0.15) is 36.2 Å². The Morgan fingerprint density at radius 3 is 2.94 bits per heavy atom. The lowest BCUT2D eigenvalue weighted by atomic mass is 10.1. The van der Waals surface area contributed by atoms with Crippen molar-refractivity contribution in [3.05, 3.63) is 33.8 Å². The number of aryl methyl sites for hydroxylation is 2. The van der Waals surface area contributed by atoms with Crippen molar-refractivity contribution in [2.75, 3.05) is 0 Å². The second-order valence-electron chi connectivity index (χ2n) is 3.87. The number of nitrogens with zero attached hydrogens (tertiary/aromatic N) is 3. The number of rotatable bonds is 4. The summed E-state index contributed by atoms with van der Waals surface area (Å²) in [6.07, 6.45) is 2.79. The van der Waals surface area contributed by atoms with E-state index in [2.05, 4.69) is 34.9 Å². The average Bonchev–Trinajstić information content (AvgIpc) is 2.87. The van der Waals surface area contributed by atoms with Gasteiger partial charge >= 0.3 is 0 Å². The molecule has 5 heteroatoms. The summed E-state index contributed by atoms with van der Waals surface area (Å²) in [6, 6.07) is -0.118. The topological polar surface area (TPSA) is 56.7 Å². The molecule has 0 fully saturated rings. The van der Waals surface area contributed by atoms with Crippen LogP contribution in [-0.2, 0) is 6.54 Å². The summed E-state index contributed by atoms with van der Waals surface area (Å²) in [4.78, 5) is 0. The maximum atomic E-state index is 6.24. The van der Waals surface area contributed by atoms with E-state index in [1.54, 1.807) is 17.5 Å². The van der Waals surface area contributed by atoms with Gasteiger partial charge in [0.05, 0.1) is 17.9 Å². The fourth-order valence-corrected chi connectivity index (χ4v) is 2.63. The molecule has 0 saturated carbocycles. The van der Waals surface area contributed by atoms with Gasteiger partial charge in [-0.25, -0.2) is 4.68 Å². The highest BCUT2D eigenvalue weighted by molar-refractivity contribution is 7.08. The average molecular weight is 236 g/mol. The lowest BCUT2D eigenvalue weighted by Crippen LogP contribution is -2.17. The number of hydrogen-bond acceptors (Lipinski definition) is 4. The van der Waals surface area contributed by atoms with Crippen molar-refractivity contribution >= 4 is 11.3 Å². The second kappa shape index (κ2) is 4.76. The van der Waals surface area contributed by atoms with E-state index in [0.717, 1.165) is 18.7 Å². The van der Waals surface area contributed by atoms with E-state index in [1.165, 1.54) is 11.1 Å².